The third kappa shape index (κ3) is 3.55. The average molecular weight is 262 g/mol. The van der Waals surface area contributed by atoms with Gasteiger partial charge in [-0.15, -0.1) is 0 Å². The molecule has 0 radical (unpaired) electrons. The monoisotopic (exact) mass is 262 g/mol. The lowest BCUT2D eigenvalue weighted by Gasteiger charge is -2.38. The highest BCUT2D eigenvalue weighted by Crippen LogP contribution is 2.25. The second kappa shape index (κ2) is 6.68. The van der Waals surface area contributed by atoms with E-state index < -0.39 is 0 Å². The zero-order chi connectivity index (χ0) is 13.7. The van der Waals surface area contributed by atoms with E-state index >= 15 is 0 Å². The van der Waals surface area contributed by atoms with Gasteiger partial charge in [0.25, 0.3) is 0 Å². The van der Waals surface area contributed by atoms with Crippen LogP contribution in [0.25, 0.3) is 0 Å². The van der Waals surface area contributed by atoms with Gasteiger partial charge in [0.05, 0.1) is 19.2 Å². The van der Waals surface area contributed by atoms with Crippen molar-refractivity contribution in [3.05, 3.63) is 35.9 Å². The van der Waals surface area contributed by atoms with Gasteiger partial charge >= 0.3 is 0 Å². The van der Waals surface area contributed by atoms with Gasteiger partial charge in [-0.1, -0.05) is 30.3 Å². The molecular weight excluding hydrogens is 240 g/mol. The number of hydrogen-bond donors (Lipinski definition) is 1. The van der Waals surface area contributed by atoms with E-state index in [1.165, 1.54) is 0 Å². The Hall–Kier alpha value is -1.39. The molecule has 1 saturated heterocycles. The molecule has 1 aromatic rings. The summed E-state index contributed by atoms with van der Waals surface area (Å²) in [4.78, 5) is 14.1. The van der Waals surface area contributed by atoms with Crippen molar-refractivity contribution < 1.29 is 9.53 Å². The van der Waals surface area contributed by atoms with Crippen LogP contribution in [0.15, 0.2) is 30.3 Å². The molecule has 0 bridgehead atoms. The van der Waals surface area contributed by atoms with Crippen molar-refractivity contribution in [2.45, 2.75) is 25.5 Å². The Labute approximate surface area is 114 Å². The molecule has 1 amide bonds. The third-order valence-electron chi connectivity index (χ3n) is 3.51. The highest BCUT2D eigenvalue weighted by atomic mass is 16.5. The molecule has 0 saturated carbocycles. The van der Waals surface area contributed by atoms with Crippen LogP contribution in [0.5, 0.6) is 0 Å². The maximum absolute atomic E-state index is 12.2. The first-order valence-electron chi connectivity index (χ1n) is 6.83. The van der Waals surface area contributed by atoms with E-state index in [0.29, 0.717) is 19.6 Å². The van der Waals surface area contributed by atoms with E-state index in [0.717, 1.165) is 12.1 Å². The number of nitrogens with zero attached hydrogens (tertiary/aromatic N) is 1. The second-order valence-electron chi connectivity index (χ2n) is 4.98. The van der Waals surface area contributed by atoms with Crippen LogP contribution in [0.2, 0.25) is 0 Å². The molecule has 4 heteroatoms. The number of carbonyl (C=O) groups is 1. The Balaban J connectivity index is 2.02. The molecule has 1 aromatic carbocycles. The number of benzene rings is 1. The van der Waals surface area contributed by atoms with E-state index in [2.05, 4.69) is 17.4 Å². The molecule has 1 aliphatic heterocycles. The van der Waals surface area contributed by atoms with Crippen LogP contribution in [0.1, 0.15) is 25.0 Å². The van der Waals surface area contributed by atoms with Crippen LogP contribution in [-0.2, 0) is 9.53 Å². The van der Waals surface area contributed by atoms with E-state index in [9.17, 15) is 4.79 Å². The summed E-state index contributed by atoms with van der Waals surface area (Å²) in [5, 5.41) is 3.02. The molecule has 1 N–H and O–H groups in total. The molecule has 2 atom stereocenters. The predicted octanol–water partition coefficient (Wildman–Crippen LogP) is 1.58. The molecule has 4 nitrogen and oxygen atoms in total. The molecule has 19 heavy (non-hydrogen) atoms. The SMILES string of the molecule is CNCCC(=O)N1CC(c2ccccc2)OCC1C. The van der Waals surface area contributed by atoms with Crippen LogP contribution in [-0.4, -0.2) is 43.6 Å². The van der Waals surface area contributed by atoms with Crippen molar-refractivity contribution in [1.29, 1.82) is 0 Å². The zero-order valence-electron chi connectivity index (χ0n) is 11.6. The van der Waals surface area contributed by atoms with Crippen LogP contribution in [0, 0.1) is 0 Å². The Morgan fingerprint density at radius 2 is 2.16 bits per heavy atom. The fourth-order valence-electron chi connectivity index (χ4n) is 2.35. The highest BCUT2D eigenvalue weighted by Gasteiger charge is 2.29. The van der Waals surface area contributed by atoms with E-state index in [1.54, 1.807) is 0 Å². The summed E-state index contributed by atoms with van der Waals surface area (Å²) in [5.41, 5.74) is 1.14. The normalized spacial score (nSPS) is 23.4. The van der Waals surface area contributed by atoms with Gasteiger partial charge in [-0.3, -0.25) is 4.79 Å². The smallest absolute Gasteiger partial charge is 0.224 e. The van der Waals surface area contributed by atoms with Gasteiger partial charge in [0.15, 0.2) is 0 Å². The Morgan fingerprint density at radius 3 is 2.84 bits per heavy atom. The summed E-state index contributed by atoms with van der Waals surface area (Å²) in [6.45, 7) is 4.01. The lowest BCUT2D eigenvalue weighted by atomic mass is 10.1. The Morgan fingerprint density at radius 1 is 1.42 bits per heavy atom. The first-order chi connectivity index (χ1) is 9.22. The van der Waals surface area contributed by atoms with Crippen LogP contribution in [0.4, 0.5) is 0 Å². The van der Waals surface area contributed by atoms with Crippen molar-refractivity contribution in [2.75, 3.05) is 26.7 Å². The molecule has 2 unspecified atom stereocenters. The summed E-state index contributed by atoms with van der Waals surface area (Å²) in [7, 11) is 1.86. The largest absolute Gasteiger partial charge is 0.370 e. The second-order valence-corrected chi connectivity index (χ2v) is 4.98. The number of morpholine rings is 1. The molecule has 2 rings (SSSR count). The topological polar surface area (TPSA) is 41.6 Å². The third-order valence-corrected chi connectivity index (χ3v) is 3.51. The molecular formula is C15H22N2O2. The lowest BCUT2D eigenvalue weighted by molar-refractivity contribution is -0.144. The summed E-state index contributed by atoms with van der Waals surface area (Å²) in [6.07, 6.45) is 0.540. The van der Waals surface area contributed by atoms with E-state index in [4.69, 9.17) is 4.74 Å². The van der Waals surface area contributed by atoms with Gasteiger partial charge in [-0.05, 0) is 19.5 Å². The molecule has 0 aliphatic carbocycles. The molecule has 0 spiro atoms. The molecule has 1 fully saturated rings. The highest BCUT2D eigenvalue weighted by molar-refractivity contribution is 5.76. The van der Waals surface area contributed by atoms with Gasteiger partial charge in [0.1, 0.15) is 6.10 Å². The molecule has 104 valence electrons. The molecule has 1 aliphatic rings. The molecule has 0 aromatic heterocycles. The number of hydrogen-bond acceptors (Lipinski definition) is 3. The summed E-state index contributed by atoms with van der Waals surface area (Å²) in [5.74, 6) is 0.200. The van der Waals surface area contributed by atoms with Crippen molar-refractivity contribution in [2.24, 2.45) is 0 Å². The van der Waals surface area contributed by atoms with Gasteiger partial charge < -0.3 is 15.0 Å². The van der Waals surface area contributed by atoms with Gasteiger partial charge in [-0.25, -0.2) is 0 Å². The van der Waals surface area contributed by atoms with Gasteiger partial charge in [-0.2, -0.15) is 0 Å². The van der Waals surface area contributed by atoms with Gasteiger partial charge in [0.2, 0.25) is 5.91 Å². The Bertz CT molecular complexity index is 408. The number of nitrogens with one attached hydrogen (secondary N) is 1. The molecule has 1 heterocycles. The Kier molecular flexibility index (Phi) is 4.93. The van der Waals surface area contributed by atoms with Crippen molar-refractivity contribution in [1.82, 2.24) is 10.2 Å². The van der Waals surface area contributed by atoms with Crippen LogP contribution >= 0.6 is 0 Å². The summed E-state index contributed by atoms with van der Waals surface area (Å²) >= 11 is 0. The minimum atomic E-state index is -0.00376. The fourth-order valence-corrected chi connectivity index (χ4v) is 2.35. The minimum absolute atomic E-state index is 0.00376. The number of rotatable bonds is 4. The standard InChI is InChI=1S/C15H22N2O2/c1-12-11-19-14(13-6-4-3-5-7-13)10-17(12)15(18)8-9-16-2/h3-7,12,14,16H,8-11H2,1-2H3. The maximum atomic E-state index is 12.2. The van der Waals surface area contributed by atoms with Crippen molar-refractivity contribution in [3.63, 3.8) is 0 Å². The summed E-state index contributed by atoms with van der Waals surface area (Å²) in [6, 6.07) is 10.3. The number of amides is 1. The van der Waals surface area contributed by atoms with E-state index in [1.807, 2.05) is 37.1 Å². The van der Waals surface area contributed by atoms with Gasteiger partial charge in [0, 0.05) is 13.0 Å². The first-order valence-corrected chi connectivity index (χ1v) is 6.83. The minimum Gasteiger partial charge on any atom is -0.370 e. The fraction of sp³-hybridized carbons (Fsp3) is 0.533. The average Bonchev–Trinajstić information content (AvgIpc) is 2.46. The predicted molar refractivity (Wildman–Crippen MR) is 74.9 cm³/mol. The lowest BCUT2D eigenvalue weighted by Crippen LogP contribution is -2.48. The van der Waals surface area contributed by atoms with Crippen LogP contribution < -0.4 is 5.32 Å². The zero-order valence-corrected chi connectivity index (χ0v) is 11.6. The summed E-state index contributed by atoms with van der Waals surface area (Å²) < 4.78 is 5.85. The van der Waals surface area contributed by atoms with Crippen molar-refractivity contribution >= 4 is 5.91 Å². The quantitative estimate of drug-likeness (QED) is 0.896. The van der Waals surface area contributed by atoms with Crippen molar-refractivity contribution in [3.8, 4) is 0 Å². The van der Waals surface area contributed by atoms with Crippen LogP contribution in [0.3, 0.4) is 0 Å². The van der Waals surface area contributed by atoms with E-state index in [-0.39, 0.29) is 18.1 Å². The maximum Gasteiger partial charge on any atom is 0.224 e. The number of carbonyl (C=O) groups excluding carboxylic acids is 1. The number of ether oxygens (including phenoxy) is 1. The first kappa shape index (κ1) is 14.0.